The molecule has 0 aliphatic carbocycles. The minimum atomic E-state index is -3.47. The van der Waals surface area contributed by atoms with Crippen molar-refractivity contribution in [1.82, 2.24) is 14.9 Å². The van der Waals surface area contributed by atoms with Crippen LogP contribution in [-0.2, 0) is 21.4 Å². The first-order valence-electron chi connectivity index (χ1n) is 9.81. The molecular formula is C20H26N4O4S2. The summed E-state index contributed by atoms with van der Waals surface area (Å²) in [6, 6.07) is 9.06. The first-order chi connectivity index (χ1) is 14.4. The van der Waals surface area contributed by atoms with E-state index in [1.807, 2.05) is 17.5 Å². The van der Waals surface area contributed by atoms with E-state index in [1.54, 1.807) is 24.3 Å². The number of nitrogens with zero attached hydrogens (tertiary/aromatic N) is 1. The van der Waals surface area contributed by atoms with Crippen LogP contribution < -0.4 is 16.4 Å². The summed E-state index contributed by atoms with van der Waals surface area (Å²) >= 11 is 1.43. The van der Waals surface area contributed by atoms with Crippen LogP contribution in [0.1, 0.15) is 42.2 Å². The Bertz CT molecular complexity index is 953. The fourth-order valence-electron chi connectivity index (χ4n) is 3.38. The van der Waals surface area contributed by atoms with Crippen molar-refractivity contribution in [3.63, 3.8) is 0 Å². The normalized spacial score (nSPS) is 16.0. The Balaban J connectivity index is 1.56. The molecule has 3 rings (SSSR count). The van der Waals surface area contributed by atoms with Gasteiger partial charge in [-0.15, -0.1) is 11.3 Å². The van der Waals surface area contributed by atoms with Gasteiger partial charge in [0.25, 0.3) is 0 Å². The number of carbonyl (C=O) groups is 2. The molecule has 162 valence electrons. The molecule has 1 aromatic heterocycles. The molecule has 1 fully saturated rings. The first-order valence-corrected chi connectivity index (χ1v) is 12.1. The molecule has 30 heavy (non-hydrogen) atoms. The van der Waals surface area contributed by atoms with Gasteiger partial charge in [0.05, 0.1) is 17.4 Å². The minimum Gasteiger partial charge on any atom is -0.352 e. The average molecular weight is 451 g/mol. The van der Waals surface area contributed by atoms with E-state index in [1.165, 1.54) is 15.6 Å². The molecule has 8 nitrogen and oxygen atoms in total. The van der Waals surface area contributed by atoms with Gasteiger partial charge in [0.15, 0.2) is 0 Å². The van der Waals surface area contributed by atoms with Crippen LogP contribution >= 0.6 is 11.3 Å². The Labute approximate surface area is 180 Å². The Kier molecular flexibility index (Phi) is 7.46. The number of nitrogens with one attached hydrogen (secondary N) is 2. The van der Waals surface area contributed by atoms with Gasteiger partial charge >= 0.3 is 6.03 Å². The van der Waals surface area contributed by atoms with Crippen LogP contribution in [0.5, 0.6) is 0 Å². The highest BCUT2D eigenvalue weighted by molar-refractivity contribution is 7.89. The number of benzene rings is 1. The fraction of sp³-hybridized carbons (Fsp3) is 0.400. The van der Waals surface area contributed by atoms with Crippen molar-refractivity contribution < 1.29 is 18.0 Å². The zero-order chi connectivity index (χ0) is 21.6. The molecule has 1 unspecified atom stereocenters. The van der Waals surface area contributed by atoms with Crippen LogP contribution in [0, 0.1) is 0 Å². The number of thiophene rings is 1. The van der Waals surface area contributed by atoms with Crippen LogP contribution in [0.25, 0.3) is 0 Å². The number of primary amides is 1. The summed E-state index contributed by atoms with van der Waals surface area (Å²) in [6.07, 6.45) is 2.90. The monoisotopic (exact) mass is 450 g/mol. The second kappa shape index (κ2) is 10.1. The number of sulfonamides is 1. The van der Waals surface area contributed by atoms with Gasteiger partial charge in [-0.1, -0.05) is 24.6 Å². The molecule has 0 radical (unpaired) electrons. The van der Waals surface area contributed by atoms with Crippen LogP contribution in [0.3, 0.4) is 0 Å². The van der Waals surface area contributed by atoms with Gasteiger partial charge in [0, 0.05) is 24.5 Å². The number of amides is 3. The van der Waals surface area contributed by atoms with E-state index < -0.39 is 22.1 Å². The Morgan fingerprint density at radius 1 is 1.10 bits per heavy atom. The van der Waals surface area contributed by atoms with Gasteiger partial charge < -0.3 is 16.4 Å². The summed E-state index contributed by atoms with van der Waals surface area (Å²) in [5, 5.41) is 7.25. The second-order valence-corrected chi connectivity index (χ2v) is 10.1. The SMILES string of the molecule is NC(=O)NC(CC(=O)NCc1ccc(S(=O)(=O)N2CCCCC2)cc1)c1cccs1. The third-order valence-corrected chi connectivity index (χ3v) is 7.86. The second-order valence-electron chi connectivity index (χ2n) is 7.17. The molecule has 2 heterocycles. The van der Waals surface area contributed by atoms with Crippen molar-refractivity contribution in [3.05, 3.63) is 52.2 Å². The molecule has 0 bridgehead atoms. The highest BCUT2D eigenvalue weighted by Gasteiger charge is 2.25. The fourth-order valence-corrected chi connectivity index (χ4v) is 5.67. The number of hydrogen-bond donors (Lipinski definition) is 3. The van der Waals surface area contributed by atoms with Gasteiger partial charge in [-0.3, -0.25) is 4.79 Å². The van der Waals surface area contributed by atoms with E-state index >= 15 is 0 Å². The van der Waals surface area contributed by atoms with Crippen LogP contribution in [0.4, 0.5) is 4.79 Å². The van der Waals surface area contributed by atoms with Crippen LogP contribution in [-0.4, -0.2) is 37.8 Å². The number of carbonyl (C=O) groups excluding carboxylic acids is 2. The number of hydrogen-bond acceptors (Lipinski definition) is 5. The molecule has 3 amide bonds. The van der Waals surface area contributed by atoms with Gasteiger partial charge in [-0.2, -0.15) is 4.31 Å². The van der Waals surface area contributed by atoms with Crippen molar-refractivity contribution in [3.8, 4) is 0 Å². The number of nitrogens with two attached hydrogens (primary N) is 1. The van der Waals surface area contributed by atoms with Crippen molar-refractivity contribution in [2.24, 2.45) is 5.73 Å². The lowest BCUT2D eigenvalue weighted by molar-refractivity contribution is -0.121. The maximum absolute atomic E-state index is 12.7. The Morgan fingerprint density at radius 2 is 1.80 bits per heavy atom. The van der Waals surface area contributed by atoms with Crippen molar-refractivity contribution in [2.45, 2.75) is 43.2 Å². The van der Waals surface area contributed by atoms with Crippen molar-refractivity contribution in [2.75, 3.05) is 13.1 Å². The number of rotatable bonds is 8. The topological polar surface area (TPSA) is 122 Å². The maximum Gasteiger partial charge on any atom is 0.312 e. The van der Waals surface area contributed by atoms with Gasteiger partial charge in [-0.05, 0) is 42.0 Å². The molecule has 1 saturated heterocycles. The number of piperidine rings is 1. The van der Waals surface area contributed by atoms with Crippen molar-refractivity contribution in [1.29, 1.82) is 0 Å². The predicted molar refractivity (Wildman–Crippen MR) is 115 cm³/mol. The third-order valence-electron chi connectivity index (χ3n) is 4.96. The summed E-state index contributed by atoms with van der Waals surface area (Å²) in [6.45, 7) is 1.38. The predicted octanol–water partition coefficient (Wildman–Crippen LogP) is 2.34. The summed E-state index contributed by atoms with van der Waals surface area (Å²) in [4.78, 5) is 24.7. The highest BCUT2D eigenvalue weighted by Crippen LogP contribution is 2.23. The largest absolute Gasteiger partial charge is 0.352 e. The lowest BCUT2D eigenvalue weighted by Crippen LogP contribution is -2.36. The zero-order valence-electron chi connectivity index (χ0n) is 16.5. The standard InChI is InChI=1S/C20H26N4O4S2/c21-20(26)23-17(18-5-4-12-29-18)13-19(25)22-14-15-6-8-16(9-7-15)30(27,28)24-10-2-1-3-11-24/h4-9,12,17H,1-3,10-11,13-14H2,(H,22,25)(H3,21,23,26). The van der Waals surface area contributed by atoms with E-state index in [-0.39, 0.29) is 23.8 Å². The quantitative estimate of drug-likeness (QED) is 0.571. The van der Waals surface area contributed by atoms with E-state index in [0.717, 1.165) is 29.7 Å². The van der Waals surface area contributed by atoms with E-state index in [0.29, 0.717) is 13.1 Å². The van der Waals surface area contributed by atoms with Crippen LogP contribution in [0.15, 0.2) is 46.7 Å². The summed E-state index contributed by atoms with van der Waals surface area (Å²) in [5.41, 5.74) is 6.00. The number of urea groups is 1. The molecule has 1 aromatic carbocycles. The zero-order valence-corrected chi connectivity index (χ0v) is 18.2. The van der Waals surface area contributed by atoms with Gasteiger partial charge in [-0.25, -0.2) is 13.2 Å². The molecule has 10 heteroatoms. The highest BCUT2D eigenvalue weighted by atomic mass is 32.2. The van der Waals surface area contributed by atoms with E-state index in [2.05, 4.69) is 10.6 Å². The Hall–Kier alpha value is -2.43. The molecule has 1 aliphatic heterocycles. The first kappa shape index (κ1) is 22.3. The summed E-state index contributed by atoms with van der Waals surface area (Å²) < 4.78 is 26.9. The average Bonchev–Trinajstić information content (AvgIpc) is 3.27. The molecule has 4 N–H and O–H groups in total. The summed E-state index contributed by atoms with van der Waals surface area (Å²) in [7, 11) is -3.47. The maximum atomic E-state index is 12.7. The molecule has 0 saturated carbocycles. The lowest BCUT2D eigenvalue weighted by Gasteiger charge is -2.25. The minimum absolute atomic E-state index is 0.0604. The third kappa shape index (κ3) is 5.80. The summed E-state index contributed by atoms with van der Waals surface area (Å²) in [5.74, 6) is -0.243. The molecular weight excluding hydrogens is 424 g/mol. The Morgan fingerprint density at radius 3 is 2.40 bits per heavy atom. The lowest BCUT2D eigenvalue weighted by atomic mass is 10.1. The molecule has 1 atom stereocenters. The van der Waals surface area contributed by atoms with Crippen molar-refractivity contribution >= 4 is 33.3 Å². The van der Waals surface area contributed by atoms with E-state index in [4.69, 9.17) is 5.73 Å². The van der Waals surface area contributed by atoms with Gasteiger partial charge in [0.2, 0.25) is 15.9 Å². The smallest absolute Gasteiger partial charge is 0.312 e. The van der Waals surface area contributed by atoms with Crippen LogP contribution in [0.2, 0.25) is 0 Å². The van der Waals surface area contributed by atoms with Gasteiger partial charge in [0.1, 0.15) is 0 Å². The molecule has 1 aliphatic rings. The molecule has 0 spiro atoms. The molecule has 2 aromatic rings. The van der Waals surface area contributed by atoms with E-state index in [9.17, 15) is 18.0 Å².